The Bertz CT molecular complexity index is 2540. The molecule has 4 fully saturated rings. The molecule has 3 aromatic carbocycles. The molecular weight excluding hydrogens is 862 g/mol. The summed E-state index contributed by atoms with van der Waals surface area (Å²) in [5, 5.41) is 12.5. The Labute approximate surface area is 370 Å². The van der Waals surface area contributed by atoms with E-state index in [9.17, 15) is 27.9 Å². The zero-order valence-corrected chi connectivity index (χ0v) is 35.6. The van der Waals surface area contributed by atoms with Gasteiger partial charge in [0, 0.05) is 60.5 Å². The summed E-state index contributed by atoms with van der Waals surface area (Å²) in [5.74, 6) is -7.51. The number of phenols is 1. The number of alkyl halides is 3. The van der Waals surface area contributed by atoms with Crippen LogP contribution in [0.5, 0.6) is 17.2 Å². The average molecular weight is 905 g/mol. The van der Waals surface area contributed by atoms with E-state index in [4.69, 9.17) is 32.7 Å². The summed E-state index contributed by atoms with van der Waals surface area (Å²) >= 11 is 12.7. The molecule has 5 aliphatic rings. The van der Waals surface area contributed by atoms with E-state index in [0.29, 0.717) is 59.4 Å². The second-order valence-electron chi connectivity index (χ2n) is 16.7. The lowest BCUT2D eigenvalue weighted by Crippen LogP contribution is -2.53. The molecule has 328 valence electrons. The van der Waals surface area contributed by atoms with Crippen molar-refractivity contribution in [2.45, 2.75) is 55.8 Å². The highest BCUT2D eigenvalue weighted by Crippen LogP contribution is 2.66. The van der Waals surface area contributed by atoms with E-state index in [-0.39, 0.29) is 53.5 Å². The molecule has 1 aromatic heterocycles. The van der Waals surface area contributed by atoms with Crippen LogP contribution in [0.3, 0.4) is 0 Å². The minimum absolute atomic E-state index is 0.0787. The van der Waals surface area contributed by atoms with Crippen molar-refractivity contribution in [1.29, 1.82) is 0 Å². The Morgan fingerprint density at radius 2 is 1.62 bits per heavy atom. The highest BCUT2D eigenvalue weighted by Gasteiger charge is 2.71. The second-order valence-corrected chi connectivity index (χ2v) is 17.6. The number of methoxy groups -OCH3 is 2. The van der Waals surface area contributed by atoms with Crippen molar-refractivity contribution in [2.75, 3.05) is 32.7 Å². The van der Waals surface area contributed by atoms with Crippen LogP contribution in [0.25, 0.3) is 0 Å². The molecule has 0 radical (unpaired) electrons. The van der Waals surface area contributed by atoms with Gasteiger partial charge in [0.1, 0.15) is 17.2 Å². The average Bonchev–Trinajstić information content (AvgIpc) is 3.65. The van der Waals surface area contributed by atoms with E-state index >= 15 is 9.59 Å². The van der Waals surface area contributed by atoms with Gasteiger partial charge >= 0.3 is 6.18 Å². The van der Waals surface area contributed by atoms with Crippen LogP contribution < -0.4 is 14.9 Å². The number of ether oxygens (including phenoxy) is 2. The highest BCUT2D eigenvalue weighted by atomic mass is 35.5. The first kappa shape index (κ1) is 42.7. The van der Waals surface area contributed by atoms with Gasteiger partial charge in [0.05, 0.1) is 48.0 Å². The largest absolute Gasteiger partial charge is 0.507 e. The number of carbonyl (C=O) groups is 4. The summed E-state index contributed by atoms with van der Waals surface area (Å²) in [4.78, 5) is 67.7. The fourth-order valence-corrected chi connectivity index (χ4v) is 11.2. The van der Waals surface area contributed by atoms with Crippen molar-refractivity contribution >= 4 is 52.6 Å². The zero-order chi connectivity index (χ0) is 44.5. The molecule has 4 amide bonds. The summed E-state index contributed by atoms with van der Waals surface area (Å²) in [6.07, 6.45) is -1.14. The van der Waals surface area contributed by atoms with Gasteiger partial charge in [-0.3, -0.25) is 34.4 Å². The molecule has 2 N–H and O–H groups in total. The van der Waals surface area contributed by atoms with Crippen molar-refractivity contribution < 1.29 is 46.9 Å². The van der Waals surface area contributed by atoms with E-state index in [1.807, 2.05) is 24.3 Å². The lowest BCUT2D eigenvalue weighted by Gasteiger charge is -2.50. The summed E-state index contributed by atoms with van der Waals surface area (Å²) in [6.45, 7) is 2.11. The number of halogens is 5. The monoisotopic (exact) mass is 903 g/mol. The molecule has 6 unspecified atom stereocenters. The number of benzene rings is 3. The summed E-state index contributed by atoms with van der Waals surface area (Å²) in [6, 6.07) is 19.6. The number of hydrazine groups is 1. The molecule has 4 aromatic rings. The number of allylic oxidation sites excluding steroid dienone is 2. The van der Waals surface area contributed by atoms with Crippen LogP contribution >= 0.6 is 23.2 Å². The van der Waals surface area contributed by atoms with Crippen LogP contribution in [0.4, 0.5) is 19.0 Å². The van der Waals surface area contributed by atoms with Gasteiger partial charge in [-0.15, -0.1) is 0 Å². The molecule has 6 atom stereocenters. The first-order chi connectivity index (χ1) is 30.2. The molecule has 63 heavy (non-hydrogen) atoms. The Hall–Kier alpha value is -5.64. The van der Waals surface area contributed by atoms with E-state index in [1.165, 1.54) is 36.8 Å². The molecule has 2 aliphatic carbocycles. The Morgan fingerprint density at radius 1 is 0.905 bits per heavy atom. The molecule has 0 spiro atoms. The van der Waals surface area contributed by atoms with Crippen molar-refractivity contribution in [3.05, 3.63) is 123 Å². The van der Waals surface area contributed by atoms with E-state index in [2.05, 4.69) is 27.4 Å². The quantitative estimate of drug-likeness (QED) is 0.126. The molecule has 4 heterocycles. The van der Waals surface area contributed by atoms with Crippen molar-refractivity contribution in [3.63, 3.8) is 0 Å². The van der Waals surface area contributed by atoms with E-state index in [0.717, 1.165) is 6.54 Å². The topological polar surface area (TPSA) is 142 Å². The van der Waals surface area contributed by atoms with Gasteiger partial charge in [-0.05, 0) is 60.9 Å². The number of imide groups is 2. The number of fused-ring (bicyclic) bond motifs is 4. The van der Waals surface area contributed by atoms with Gasteiger partial charge < -0.3 is 14.6 Å². The lowest BCUT2D eigenvalue weighted by atomic mass is 9.49. The highest BCUT2D eigenvalue weighted by molar-refractivity contribution is 6.33. The normalized spacial score (nSPS) is 26.3. The third-order valence-corrected chi connectivity index (χ3v) is 14.1. The number of piperidine rings is 1. The van der Waals surface area contributed by atoms with E-state index in [1.54, 1.807) is 24.3 Å². The van der Waals surface area contributed by atoms with Gasteiger partial charge in [-0.25, -0.2) is 4.98 Å². The van der Waals surface area contributed by atoms with Gasteiger partial charge in [-0.2, -0.15) is 18.2 Å². The number of aromatic hydroxyl groups is 1. The van der Waals surface area contributed by atoms with Crippen LogP contribution in [0.2, 0.25) is 10.0 Å². The van der Waals surface area contributed by atoms with Gasteiger partial charge in [0.25, 0.3) is 11.8 Å². The molecule has 17 heteroatoms. The fourth-order valence-electron chi connectivity index (χ4n) is 10.8. The predicted octanol–water partition coefficient (Wildman–Crippen LogP) is 7.78. The van der Waals surface area contributed by atoms with Gasteiger partial charge in [0.15, 0.2) is 5.82 Å². The lowest BCUT2D eigenvalue weighted by molar-refractivity contribution is -0.144. The van der Waals surface area contributed by atoms with E-state index < -0.39 is 69.4 Å². The first-order valence-electron chi connectivity index (χ1n) is 20.6. The fraction of sp³-hybridized carbons (Fsp3) is 0.370. The number of rotatable bonds is 9. The number of pyridine rings is 1. The maximum Gasteiger partial charge on any atom is 0.417 e. The molecule has 3 aliphatic heterocycles. The smallest absolute Gasteiger partial charge is 0.417 e. The SMILES string of the molecule is COc1cc(O)c(C2C3=CCC4C(=O)N(C5CCN(Cc6ccccc6)CC5)C(=O)C4C3CC3C(=O)N(Nc4ncc(C(F)(F)F)cc4Cl)C(=O)C32c2ccc(Cl)cc2)c(OC)c1. The molecule has 1 saturated carbocycles. The molecule has 9 rings (SSSR count). The number of amides is 4. The number of nitrogens with zero attached hydrogens (tertiary/aromatic N) is 4. The molecule has 12 nitrogen and oxygen atoms in total. The molecular formula is C46H42Cl2F3N5O7. The van der Waals surface area contributed by atoms with Crippen molar-refractivity contribution in [3.8, 4) is 17.2 Å². The number of likely N-dealkylation sites (tertiary alicyclic amines) is 2. The minimum Gasteiger partial charge on any atom is -0.507 e. The number of aromatic nitrogens is 1. The van der Waals surface area contributed by atoms with Crippen molar-refractivity contribution in [1.82, 2.24) is 19.8 Å². The number of anilines is 1. The Kier molecular flexibility index (Phi) is 10.9. The predicted molar refractivity (Wildman–Crippen MR) is 225 cm³/mol. The maximum atomic E-state index is 15.6. The van der Waals surface area contributed by atoms with Crippen molar-refractivity contribution in [2.24, 2.45) is 23.7 Å². The number of hydrogen-bond acceptors (Lipinski definition) is 10. The summed E-state index contributed by atoms with van der Waals surface area (Å²) < 4.78 is 52.2. The minimum atomic E-state index is -4.77. The summed E-state index contributed by atoms with van der Waals surface area (Å²) in [5.41, 5.74) is 1.77. The third kappa shape index (κ3) is 6.99. The first-order valence-corrected chi connectivity index (χ1v) is 21.3. The number of nitrogens with one attached hydrogen (secondary N) is 1. The third-order valence-electron chi connectivity index (χ3n) is 13.6. The summed E-state index contributed by atoms with van der Waals surface area (Å²) in [7, 11) is 2.79. The zero-order valence-electron chi connectivity index (χ0n) is 34.1. The van der Waals surface area contributed by atoms with Crippen LogP contribution in [-0.2, 0) is 37.3 Å². The van der Waals surface area contributed by atoms with Crippen LogP contribution in [-0.4, -0.2) is 81.9 Å². The Balaban J connectivity index is 1.15. The molecule has 0 bridgehead atoms. The maximum absolute atomic E-state index is 15.6. The van der Waals surface area contributed by atoms with Crippen LogP contribution in [0, 0.1) is 23.7 Å². The van der Waals surface area contributed by atoms with Gasteiger partial charge in [0.2, 0.25) is 11.8 Å². The number of phenolic OH excluding ortho intramolecular Hbond substituents is 1. The Morgan fingerprint density at radius 3 is 2.27 bits per heavy atom. The van der Waals surface area contributed by atoms with Crippen LogP contribution in [0.15, 0.2) is 90.6 Å². The number of carbonyl (C=O) groups excluding carboxylic acids is 4. The number of hydrogen-bond donors (Lipinski definition) is 2. The molecule has 3 saturated heterocycles. The van der Waals surface area contributed by atoms with Gasteiger partial charge in [-0.1, -0.05) is 77.3 Å². The second kappa shape index (κ2) is 16.2. The van der Waals surface area contributed by atoms with Crippen LogP contribution in [0.1, 0.15) is 53.9 Å². The standard InChI is InChI=1S/C46H42Cl2F3N5O7/c1-62-29-19-35(57)38(36(20-29)63-2)39-30-12-13-31-37(43(60)55(41(31)58)28-14-16-54(17-15-28)23-24-6-4-3-5-7-24)32(30)21-33-42(59)56(44(61)45(33,39)25-8-10-27(47)11-9-25)53-40-34(48)18-26(22-52-40)46(49,50)51/h3-12,18-20,22,28,31-33,37,39,57H,13-17,21,23H2,1-2H3,(H,52,53).